The summed E-state index contributed by atoms with van der Waals surface area (Å²) in [6.07, 6.45) is 17.9. The topological polar surface area (TPSA) is 8.81 Å². The fourth-order valence-electron chi connectivity index (χ4n) is 5.22. The van der Waals surface area contributed by atoms with Gasteiger partial charge in [-0.05, 0) is 42.7 Å². The standard InChI is InChI=1S/C33H49N2/c1-4-6-8-10-18-24-34-28-32(26-29(3)31-22-16-13-17-23-31)35(25-19-11-9-7-5-2)33(34)27-30-20-14-12-15-21-30/h12-17,20-23,28-29H,4-11,18-19,24-27H2,1-3H3/q+1. The first-order chi connectivity index (χ1) is 17.2. The summed E-state index contributed by atoms with van der Waals surface area (Å²) in [5, 5.41) is 0. The summed E-state index contributed by atoms with van der Waals surface area (Å²) in [6, 6.07) is 22.1. The molecule has 2 nitrogen and oxygen atoms in total. The summed E-state index contributed by atoms with van der Waals surface area (Å²) in [5.41, 5.74) is 4.37. The van der Waals surface area contributed by atoms with E-state index in [0.717, 1.165) is 25.9 Å². The van der Waals surface area contributed by atoms with Crippen LogP contribution in [-0.4, -0.2) is 4.57 Å². The van der Waals surface area contributed by atoms with Crippen molar-refractivity contribution < 1.29 is 4.57 Å². The largest absolute Gasteiger partial charge is 0.261 e. The maximum atomic E-state index is 2.70. The van der Waals surface area contributed by atoms with Crippen molar-refractivity contribution in [3.63, 3.8) is 0 Å². The second-order valence-electron chi connectivity index (χ2n) is 10.4. The first-order valence-electron chi connectivity index (χ1n) is 14.4. The highest BCUT2D eigenvalue weighted by atomic mass is 15.2. The third kappa shape index (κ3) is 8.98. The van der Waals surface area contributed by atoms with E-state index < -0.39 is 0 Å². The van der Waals surface area contributed by atoms with E-state index in [4.69, 9.17) is 0 Å². The molecule has 0 bridgehead atoms. The molecule has 0 radical (unpaired) electrons. The van der Waals surface area contributed by atoms with E-state index in [1.165, 1.54) is 86.9 Å². The van der Waals surface area contributed by atoms with Crippen LogP contribution in [0.5, 0.6) is 0 Å². The Balaban J connectivity index is 1.86. The van der Waals surface area contributed by atoms with Crippen molar-refractivity contribution in [1.82, 2.24) is 4.57 Å². The number of aryl methyl sites for hydroxylation is 1. The van der Waals surface area contributed by atoms with Gasteiger partial charge in [-0.3, -0.25) is 0 Å². The molecule has 1 heterocycles. The van der Waals surface area contributed by atoms with Gasteiger partial charge in [-0.1, -0.05) is 120 Å². The van der Waals surface area contributed by atoms with Crippen LogP contribution >= 0.6 is 0 Å². The second-order valence-corrected chi connectivity index (χ2v) is 10.4. The van der Waals surface area contributed by atoms with Crippen LogP contribution < -0.4 is 4.57 Å². The zero-order valence-corrected chi connectivity index (χ0v) is 22.7. The Kier molecular flexibility index (Phi) is 12.1. The Morgan fingerprint density at radius 2 is 1.31 bits per heavy atom. The Bertz CT molecular complexity index is 942. The van der Waals surface area contributed by atoms with Gasteiger partial charge < -0.3 is 0 Å². The van der Waals surface area contributed by atoms with Gasteiger partial charge in [0.1, 0.15) is 11.9 Å². The van der Waals surface area contributed by atoms with Crippen molar-refractivity contribution >= 4 is 0 Å². The number of rotatable bonds is 17. The molecule has 0 aliphatic heterocycles. The number of benzene rings is 2. The van der Waals surface area contributed by atoms with Crippen molar-refractivity contribution in [2.45, 2.75) is 117 Å². The average molecular weight is 474 g/mol. The van der Waals surface area contributed by atoms with E-state index in [1.54, 1.807) is 0 Å². The molecule has 0 saturated carbocycles. The molecule has 3 aromatic rings. The Morgan fingerprint density at radius 1 is 0.714 bits per heavy atom. The molecule has 0 N–H and O–H groups in total. The Labute approximate surface area is 215 Å². The third-order valence-corrected chi connectivity index (χ3v) is 7.37. The number of nitrogens with zero attached hydrogens (tertiary/aromatic N) is 2. The van der Waals surface area contributed by atoms with Crippen LogP contribution in [0.4, 0.5) is 0 Å². The highest BCUT2D eigenvalue weighted by molar-refractivity contribution is 5.21. The minimum atomic E-state index is 0.521. The molecule has 190 valence electrons. The summed E-state index contributed by atoms with van der Waals surface area (Å²) in [6.45, 7) is 9.27. The predicted molar refractivity (Wildman–Crippen MR) is 150 cm³/mol. The normalized spacial score (nSPS) is 12.2. The molecule has 0 saturated heterocycles. The Hall–Kier alpha value is -2.35. The van der Waals surface area contributed by atoms with Crippen LogP contribution in [0.3, 0.4) is 0 Å². The molecular formula is C33H49N2+. The number of hydrogen-bond donors (Lipinski definition) is 0. The summed E-state index contributed by atoms with van der Waals surface area (Å²) in [7, 11) is 0. The maximum Gasteiger partial charge on any atom is 0.261 e. The van der Waals surface area contributed by atoms with Gasteiger partial charge in [0.05, 0.1) is 19.5 Å². The summed E-state index contributed by atoms with van der Waals surface area (Å²) < 4.78 is 5.31. The highest BCUT2D eigenvalue weighted by Crippen LogP contribution is 2.21. The van der Waals surface area contributed by atoms with Crippen molar-refractivity contribution in [3.05, 3.63) is 89.5 Å². The van der Waals surface area contributed by atoms with Crippen LogP contribution in [-0.2, 0) is 25.9 Å². The summed E-state index contributed by atoms with van der Waals surface area (Å²) in [5.74, 6) is 2.02. The molecule has 1 atom stereocenters. The SMILES string of the molecule is CCCCCCCn1cc(CC(C)c2ccccc2)[n+](CCCCCCC)c1Cc1ccccc1. The summed E-state index contributed by atoms with van der Waals surface area (Å²) in [4.78, 5) is 0. The molecule has 1 aromatic heterocycles. The van der Waals surface area contributed by atoms with Gasteiger partial charge >= 0.3 is 0 Å². The van der Waals surface area contributed by atoms with Gasteiger partial charge in [-0.25, -0.2) is 9.13 Å². The van der Waals surface area contributed by atoms with Gasteiger partial charge in [-0.2, -0.15) is 0 Å². The van der Waals surface area contributed by atoms with Crippen molar-refractivity contribution in [2.75, 3.05) is 0 Å². The van der Waals surface area contributed by atoms with Gasteiger partial charge in [0, 0.05) is 6.42 Å². The van der Waals surface area contributed by atoms with Crippen molar-refractivity contribution in [1.29, 1.82) is 0 Å². The zero-order valence-electron chi connectivity index (χ0n) is 22.7. The fraction of sp³-hybridized carbons (Fsp3) is 0.545. The minimum absolute atomic E-state index is 0.521. The first-order valence-corrected chi connectivity index (χ1v) is 14.4. The first kappa shape index (κ1) is 27.2. The van der Waals surface area contributed by atoms with E-state index in [1.807, 2.05) is 0 Å². The minimum Gasteiger partial charge on any atom is -0.234 e. The second kappa shape index (κ2) is 15.6. The van der Waals surface area contributed by atoms with E-state index in [-0.39, 0.29) is 0 Å². The predicted octanol–water partition coefficient (Wildman–Crippen LogP) is 8.65. The lowest BCUT2D eigenvalue weighted by Crippen LogP contribution is -2.41. The molecule has 0 spiro atoms. The van der Waals surface area contributed by atoms with Crippen LogP contribution in [0.1, 0.15) is 114 Å². The van der Waals surface area contributed by atoms with Gasteiger partial charge in [0.25, 0.3) is 5.82 Å². The number of aromatic nitrogens is 2. The highest BCUT2D eigenvalue weighted by Gasteiger charge is 2.25. The van der Waals surface area contributed by atoms with E-state index in [9.17, 15) is 0 Å². The van der Waals surface area contributed by atoms with E-state index >= 15 is 0 Å². The van der Waals surface area contributed by atoms with Gasteiger partial charge in [-0.15, -0.1) is 0 Å². The molecular weight excluding hydrogens is 424 g/mol. The number of imidazole rings is 1. The molecule has 1 unspecified atom stereocenters. The molecule has 2 aromatic carbocycles. The lowest BCUT2D eigenvalue weighted by atomic mass is 9.96. The van der Waals surface area contributed by atoms with Crippen LogP contribution in [0.15, 0.2) is 66.9 Å². The Morgan fingerprint density at radius 3 is 1.97 bits per heavy atom. The third-order valence-electron chi connectivity index (χ3n) is 7.37. The molecule has 0 amide bonds. The zero-order chi connectivity index (χ0) is 24.7. The lowest BCUT2D eigenvalue weighted by Gasteiger charge is -2.12. The van der Waals surface area contributed by atoms with Gasteiger partial charge in [0.2, 0.25) is 0 Å². The monoisotopic (exact) mass is 473 g/mol. The molecule has 35 heavy (non-hydrogen) atoms. The molecule has 0 fully saturated rings. The van der Waals surface area contributed by atoms with Crippen molar-refractivity contribution in [3.8, 4) is 0 Å². The fourth-order valence-corrected chi connectivity index (χ4v) is 5.22. The molecule has 0 aliphatic carbocycles. The van der Waals surface area contributed by atoms with Crippen LogP contribution in [0.25, 0.3) is 0 Å². The smallest absolute Gasteiger partial charge is 0.234 e. The summed E-state index contributed by atoms with van der Waals surface area (Å²) >= 11 is 0. The van der Waals surface area contributed by atoms with E-state index in [2.05, 4.69) is 96.8 Å². The molecule has 2 heteroatoms. The van der Waals surface area contributed by atoms with Crippen molar-refractivity contribution in [2.24, 2.45) is 0 Å². The van der Waals surface area contributed by atoms with Crippen LogP contribution in [0.2, 0.25) is 0 Å². The number of unbranched alkanes of at least 4 members (excludes halogenated alkanes) is 8. The van der Waals surface area contributed by atoms with E-state index in [0.29, 0.717) is 5.92 Å². The molecule has 0 aliphatic rings. The lowest BCUT2D eigenvalue weighted by molar-refractivity contribution is -0.710. The maximum absolute atomic E-state index is 2.70. The van der Waals surface area contributed by atoms with Crippen LogP contribution in [0, 0.1) is 0 Å². The number of hydrogen-bond acceptors (Lipinski definition) is 0. The quantitative estimate of drug-likeness (QED) is 0.137. The molecule has 3 rings (SSSR count). The van der Waals surface area contributed by atoms with Gasteiger partial charge in [0.15, 0.2) is 0 Å². The average Bonchev–Trinajstić information content (AvgIpc) is 3.20.